The van der Waals surface area contributed by atoms with Gasteiger partial charge in [-0.25, -0.2) is 4.98 Å². The molecule has 7 heteroatoms. The van der Waals surface area contributed by atoms with Gasteiger partial charge in [-0.05, 0) is 36.6 Å². The molecule has 146 valence electrons. The fourth-order valence-electron chi connectivity index (χ4n) is 3.73. The Morgan fingerprint density at radius 2 is 2.03 bits per heavy atom. The number of amides is 1. The molecule has 1 amide bonds. The van der Waals surface area contributed by atoms with Crippen LogP contribution >= 0.6 is 0 Å². The second-order valence-corrected chi connectivity index (χ2v) is 7.23. The third-order valence-electron chi connectivity index (χ3n) is 5.34. The molecular formula is C22H21N5O2. The van der Waals surface area contributed by atoms with E-state index in [1.165, 1.54) is 0 Å². The molecule has 0 radical (unpaired) electrons. The topological polar surface area (TPSA) is 95.7 Å². The van der Waals surface area contributed by atoms with Crippen molar-refractivity contribution in [3.63, 3.8) is 0 Å². The van der Waals surface area contributed by atoms with Crippen molar-refractivity contribution in [1.29, 1.82) is 0 Å². The highest BCUT2D eigenvalue weighted by atomic mass is 16.5. The lowest BCUT2D eigenvalue weighted by Gasteiger charge is -2.11. The molecule has 1 aromatic carbocycles. The smallest absolute Gasteiger partial charge is 0.251 e. The molecule has 1 fully saturated rings. The summed E-state index contributed by atoms with van der Waals surface area (Å²) in [5.74, 6) is -0.0755. The number of aromatic amines is 2. The molecule has 29 heavy (non-hydrogen) atoms. The molecule has 0 aliphatic carbocycles. The maximum absolute atomic E-state index is 12.4. The quantitative estimate of drug-likeness (QED) is 0.488. The van der Waals surface area contributed by atoms with Crippen molar-refractivity contribution in [1.82, 2.24) is 25.5 Å². The number of pyridine rings is 1. The second-order valence-electron chi connectivity index (χ2n) is 7.23. The lowest BCUT2D eigenvalue weighted by atomic mass is 10.0. The van der Waals surface area contributed by atoms with Crippen LogP contribution in [0.3, 0.4) is 0 Å². The van der Waals surface area contributed by atoms with Gasteiger partial charge < -0.3 is 15.0 Å². The average Bonchev–Trinajstić information content (AvgIpc) is 3.53. The predicted molar refractivity (Wildman–Crippen MR) is 110 cm³/mol. The minimum atomic E-state index is -0.0755. The predicted octanol–water partition coefficient (Wildman–Crippen LogP) is 3.53. The van der Waals surface area contributed by atoms with Crippen LogP contribution < -0.4 is 5.32 Å². The zero-order valence-electron chi connectivity index (χ0n) is 15.8. The van der Waals surface area contributed by atoms with Crippen LogP contribution in [0.5, 0.6) is 0 Å². The number of hydrogen-bond donors (Lipinski definition) is 3. The SMILES string of the molecule is O=C(NCC1CCCO1)c1ccc(-c2cnc3[nH]cc(-c4cn[nH]c4)c3c2)cc1. The summed E-state index contributed by atoms with van der Waals surface area (Å²) in [5.41, 5.74) is 5.53. The molecule has 1 unspecified atom stereocenters. The van der Waals surface area contributed by atoms with Gasteiger partial charge in [0.2, 0.25) is 0 Å². The van der Waals surface area contributed by atoms with Crippen LogP contribution in [0.1, 0.15) is 23.2 Å². The van der Waals surface area contributed by atoms with E-state index in [4.69, 9.17) is 4.74 Å². The molecule has 1 aliphatic rings. The van der Waals surface area contributed by atoms with Gasteiger partial charge in [0.05, 0.1) is 12.3 Å². The molecule has 0 spiro atoms. The van der Waals surface area contributed by atoms with Crippen molar-refractivity contribution in [2.75, 3.05) is 13.2 Å². The molecule has 0 saturated carbocycles. The average molecular weight is 387 g/mol. The zero-order chi connectivity index (χ0) is 19.6. The zero-order valence-corrected chi connectivity index (χ0v) is 15.8. The number of benzene rings is 1. The van der Waals surface area contributed by atoms with Gasteiger partial charge in [-0.1, -0.05) is 12.1 Å². The van der Waals surface area contributed by atoms with Crippen molar-refractivity contribution in [3.8, 4) is 22.3 Å². The lowest BCUT2D eigenvalue weighted by molar-refractivity contribution is 0.0858. The Morgan fingerprint density at radius 1 is 1.14 bits per heavy atom. The summed E-state index contributed by atoms with van der Waals surface area (Å²) in [6, 6.07) is 9.70. The third kappa shape index (κ3) is 3.52. The van der Waals surface area contributed by atoms with Crippen molar-refractivity contribution in [3.05, 3.63) is 60.7 Å². The van der Waals surface area contributed by atoms with E-state index in [1.54, 1.807) is 6.20 Å². The van der Waals surface area contributed by atoms with E-state index in [2.05, 4.69) is 31.5 Å². The number of aromatic nitrogens is 4. The number of fused-ring (bicyclic) bond motifs is 1. The minimum Gasteiger partial charge on any atom is -0.376 e. The molecule has 7 nitrogen and oxygen atoms in total. The molecule has 1 atom stereocenters. The molecule has 3 aromatic heterocycles. The van der Waals surface area contributed by atoms with E-state index in [1.807, 2.05) is 42.9 Å². The van der Waals surface area contributed by atoms with Gasteiger partial charge in [0.1, 0.15) is 5.65 Å². The van der Waals surface area contributed by atoms with Crippen molar-refractivity contribution in [2.24, 2.45) is 0 Å². The number of hydrogen-bond acceptors (Lipinski definition) is 4. The van der Waals surface area contributed by atoms with Gasteiger partial charge in [0.25, 0.3) is 5.91 Å². The Bertz CT molecular complexity index is 1130. The fraction of sp³-hybridized carbons (Fsp3) is 0.227. The summed E-state index contributed by atoms with van der Waals surface area (Å²) in [5, 5.41) is 10.9. The lowest BCUT2D eigenvalue weighted by Crippen LogP contribution is -2.31. The number of nitrogens with zero attached hydrogens (tertiary/aromatic N) is 2. The third-order valence-corrected chi connectivity index (χ3v) is 5.34. The molecule has 3 N–H and O–H groups in total. The summed E-state index contributed by atoms with van der Waals surface area (Å²) in [6.07, 6.45) is 9.64. The van der Waals surface area contributed by atoms with E-state index >= 15 is 0 Å². The van der Waals surface area contributed by atoms with Crippen LogP contribution in [0.25, 0.3) is 33.3 Å². The molecule has 4 heterocycles. The fourth-order valence-corrected chi connectivity index (χ4v) is 3.73. The van der Waals surface area contributed by atoms with Gasteiger partial charge in [-0.15, -0.1) is 0 Å². The Morgan fingerprint density at radius 3 is 2.79 bits per heavy atom. The van der Waals surface area contributed by atoms with Crippen molar-refractivity contribution in [2.45, 2.75) is 18.9 Å². The van der Waals surface area contributed by atoms with Gasteiger partial charge in [-0.3, -0.25) is 9.89 Å². The van der Waals surface area contributed by atoms with Gasteiger partial charge in [0.15, 0.2) is 0 Å². The number of carbonyl (C=O) groups excluding carboxylic acids is 1. The van der Waals surface area contributed by atoms with Crippen LogP contribution in [-0.2, 0) is 4.74 Å². The number of ether oxygens (including phenoxy) is 1. The molecule has 4 aromatic rings. The minimum absolute atomic E-state index is 0.0755. The summed E-state index contributed by atoms with van der Waals surface area (Å²) in [6.45, 7) is 1.35. The van der Waals surface area contributed by atoms with E-state index in [9.17, 15) is 4.79 Å². The van der Waals surface area contributed by atoms with E-state index < -0.39 is 0 Å². The van der Waals surface area contributed by atoms with Gasteiger partial charge in [-0.2, -0.15) is 5.10 Å². The van der Waals surface area contributed by atoms with Gasteiger partial charge in [0, 0.05) is 59.4 Å². The number of rotatable bonds is 5. The first kappa shape index (κ1) is 17.6. The second kappa shape index (κ2) is 7.52. The Kier molecular flexibility index (Phi) is 4.57. The summed E-state index contributed by atoms with van der Waals surface area (Å²) in [4.78, 5) is 20.1. The first-order chi connectivity index (χ1) is 14.3. The highest BCUT2D eigenvalue weighted by Gasteiger charge is 2.17. The van der Waals surface area contributed by atoms with Crippen LogP contribution in [-0.4, -0.2) is 45.3 Å². The number of nitrogens with one attached hydrogen (secondary N) is 3. The highest BCUT2D eigenvalue weighted by molar-refractivity contribution is 5.96. The largest absolute Gasteiger partial charge is 0.376 e. The molecule has 5 rings (SSSR count). The molecule has 1 aliphatic heterocycles. The van der Waals surface area contributed by atoms with E-state index in [-0.39, 0.29) is 12.0 Å². The summed E-state index contributed by atoms with van der Waals surface area (Å²) < 4.78 is 5.55. The normalized spacial score (nSPS) is 16.3. The van der Waals surface area contributed by atoms with Crippen LogP contribution in [0, 0.1) is 0 Å². The first-order valence-corrected chi connectivity index (χ1v) is 9.74. The standard InChI is InChI=1S/C22H21N5O2/c28-22(25-12-18-2-1-7-29-18)15-5-3-14(4-6-15)16-8-19-20(17-10-26-27-11-17)13-24-21(19)23-9-16/h3-6,8-11,13,18H,1-2,7,12H2,(H,23,24)(H,25,28)(H,26,27). The maximum Gasteiger partial charge on any atom is 0.251 e. The van der Waals surface area contributed by atoms with Crippen molar-refractivity contribution >= 4 is 16.9 Å². The first-order valence-electron chi connectivity index (χ1n) is 9.74. The molecule has 1 saturated heterocycles. The van der Waals surface area contributed by atoms with E-state index in [0.717, 1.165) is 52.7 Å². The van der Waals surface area contributed by atoms with Crippen LogP contribution in [0.4, 0.5) is 0 Å². The number of H-pyrrole nitrogens is 2. The molecule has 0 bridgehead atoms. The number of carbonyl (C=O) groups is 1. The Labute approximate surface area is 167 Å². The summed E-state index contributed by atoms with van der Waals surface area (Å²) >= 11 is 0. The van der Waals surface area contributed by atoms with Crippen LogP contribution in [0.2, 0.25) is 0 Å². The van der Waals surface area contributed by atoms with Gasteiger partial charge >= 0.3 is 0 Å². The summed E-state index contributed by atoms with van der Waals surface area (Å²) in [7, 11) is 0. The Hall–Kier alpha value is -3.45. The van der Waals surface area contributed by atoms with Crippen LogP contribution in [0.15, 0.2) is 55.1 Å². The highest BCUT2D eigenvalue weighted by Crippen LogP contribution is 2.30. The van der Waals surface area contributed by atoms with Crippen molar-refractivity contribution < 1.29 is 9.53 Å². The Balaban J connectivity index is 1.36. The monoisotopic (exact) mass is 387 g/mol. The van der Waals surface area contributed by atoms with E-state index in [0.29, 0.717) is 12.1 Å². The molecular weight excluding hydrogens is 366 g/mol. The maximum atomic E-state index is 12.4.